The summed E-state index contributed by atoms with van der Waals surface area (Å²) in [5.74, 6) is -0.302. The topological polar surface area (TPSA) is 87.1 Å². The minimum absolute atomic E-state index is 0.00372. The molecule has 0 radical (unpaired) electrons. The molecule has 3 heterocycles. The van der Waals surface area contributed by atoms with Crippen LogP contribution in [0.4, 0.5) is 5.13 Å². The van der Waals surface area contributed by atoms with E-state index >= 15 is 0 Å². The van der Waals surface area contributed by atoms with Crippen molar-refractivity contribution in [2.75, 3.05) is 46.4 Å². The number of amides is 1. The van der Waals surface area contributed by atoms with Crippen molar-refractivity contribution in [2.24, 2.45) is 4.99 Å². The number of likely N-dealkylation sites (N-methyl/N-ethyl adjacent to an activating group) is 1. The highest BCUT2D eigenvalue weighted by atomic mass is 32.2. The molecular weight excluding hydrogens is 374 g/mol. The van der Waals surface area contributed by atoms with Crippen LogP contribution >= 0.6 is 23.1 Å². The van der Waals surface area contributed by atoms with Crippen molar-refractivity contribution in [1.82, 2.24) is 20.1 Å². The molecule has 1 aromatic rings. The van der Waals surface area contributed by atoms with E-state index in [9.17, 15) is 9.59 Å². The molecule has 2 saturated heterocycles. The fourth-order valence-corrected chi connectivity index (χ4v) is 4.49. The molecule has 1 N–H and O–H groups in total. The van der Waals surface area contributed by atoms with Gasteiger partial charge in [-0.25, -0.2) is 4.98 Å². The predicted molar refractivity (Wildman–Crippen MR) is 103 cm³/mol. The molecule has 2 aliphatic heterocycles. The molecule has 1 atom stereocenters. The first kappa shape index (κ1) is 19.3. The van der Waals surface area contributed by atoms with Crippen molar-refractivity contribution in [1.29, 1.82) is 0 Å². The number of carbonyl (C=O) groups is 2. The van der Waals surface area contributed by atoms with E-state index in [1.165, 1.54) is 23.1 Å². The second-order valence-electron chi connectivity index (χ2n) is 6.22. The number of hydrogen-bond acceptors (Lipinski definition) is 9. The molecule has 1 amide bonds. The molecule has 3 rings (SSSR count). The molecule has 8 nitrogen and oxygen atoms in total. The van der Waals surface area contributed by atoms with E-state index in [4.69, 9.17) is 4.74 Å². The smallest absolute Gasteiger partial charge is 0.311 e. The predicted octanol–water partition coefficient (Wildman–Crippen LogP) is 0.715. The lowest BCUT2D eigenvalue weighted by molar-refractivity contribution is -0.142. The van der Waals surface area contributed by atoms with Gasteiger partial charge in [-0.05, 0) is 14.0 Å². The minimum Gasteiger partial charge on any atom is -0.466 e. The Morgan fingerprint density at radius 3 is 2.92 bits per heavy atom. The van der Waals surface area contributed by atoms with E-state index < -0.39 is 0 Å². The number of thioether (sulfide) groups is 1. The van der Waals surface area contributed by atoms with E-state index in [0.29, 0.717) is 22.6 Å². The van der Waals surface area contributed by atoms with Crippen LogP contribution in [0, 0.1) is 0 Å². The number of piperazine rings is 1. The number of amidine groups is 1. The number of esters is 1. The van der Waals surface area contributed by atoms with Crippen LogP contribution in [0.25, 0.3) is 0 Å². The van der Waals surface area contributed by atoms with Gasteiger partial charge in [0, 0.05) is 38.1 Å². The molecule has 0 aliphatic carbocycles. The summed E-state index contributed by atoms with van der Waals surface area (Å²) < 4.78 is 4.92. The fraction of sp³-hybridized carbons (Fsp3) is 0.625. The second-order valence-corrected chi connectivity index (χ2v) is 8.25. The van der Waals surface area contributed by atoms with Crippen molar-refractivity contribution in [3.8, 4) is 0 Å². The zero-order valence-electron chi connectivity index (χ0n) is 14.9. The number of thiazole rings is 1. The summed E-state index contributed by atoms with van der Waals surface area (Å²) in [5.41, 5.74) is 0.635. The van der Waals surface area contributed by atoms with E-state index in [0.717, 1.165) is 32.7 Å². The van der Waals surface area contributed by atoms with E-state index in [1.54, 1.807) is 12.3 Å². The molecule has 1 unspecified atom stereocenters. The zero-order valence-corrected chi connectivity index (χ0v) is 16.6. The molecule has 142 valence electrons. The number of nitrogens with zero attached hydrogens (tertiary/aromatic N) is 4. The minimum atomic E-state index is -0.298. The Kier molecular flexibility index (Phi) is 6.63. The van der Waals surface area contributed by atoms with Crippen LogP contribution in [0.15, 0.2) is 10.4 Å². The van der Waals surface area contributed by atoms with Crippen molar-refractivity contribution in [3.63, 3.8) is 0 Å². The maximum Gasteiger partial charge on any atom is 0.311 e. The van der Waals surface area contributed by atoms with Crippen LogP contribution in [-0.2, 0) is 20.7 Å². The third-order valence-electron chi connectivity index (χ3n) is 4.16. The largest absolute Gasteiger partial charge is 0.466 e. The number of ether oxygens (including phenoxy) is 1. The summed E-state index contributed by atoms with van der Waals surface area (Å²) in [4.78, 5) is 37.1. The van der Waals surface area contributed by atoms with Gasteiger partial charge < -0.3 is 15.0 Å². The van der Waals surface area contributed by atoms with Crippen molar-refractivity contribution in [3.05, 3.63) is 11.1 Å². The van der Waals surface area contributed by atoms with Gasteiger partial charge in [0.15, 0.2) is 5.17 Å². The summed E-state index contributed by atoms with van der Waals surface area (Å²) in [6.07, 6.45) is 0.140. The molecule has 0 spiro atoms. The lowest BCUT2D eigenvalue weighted by atomic mass is 10.3. The average molecular weight is 398 g/mol. The summed E-state index contributed by atoms with van der Waals surface area (Å²) in [7, 11) is 2.11. The van der Waals surface area contributed by atoms with Crippen LogP contribution in [0.1, 0.15) is 12.6 Å². The SMILES string of the molecule is CCOC(=O)Cc1csc(/N=C2\NC(=O)C(CN3CCN(C)CC3)S2)n1. The van der Waals surface area contributed by atoms with Crippen molar-refractivity contribution in [2.45, 2.75) is 18.6 Å². The Balaban J connectivity index is 1.54. The summed E-state index contributed by atoms with van der Waals surface area (Å²) in [6, 6.07) is 0. The maximum absolute atomic E-state index is 12.2. The van der Waals surface area contributed by atoms with E-state index in [-0.39, 0.29) is 23.5 Å². The average Bonchev–Trinajstić information content (AvgIpc) is 3.17. The van der Waals surface area contributed by atoms with Gasteiger partial charge in [-0.1, -0.05) is 11.8 Å². The standard InChI is InChI=1S/C16H23N5O3S2/c1-3-24-13(22)8-11-10-25-15(17-11)19-16-18-14(23)12(26-16)9-21-6-4-20(2)5-7-21/h10,12H,3-9H2,1-2H3,(H,17,18,19,23). The summed E-state index contributed by atoms with van der Waals surface area (Å²) in [5, 5.41) is 5.59. The van der Waals surface area contributed by atoms with Gasteiger partial charge in [0.05, 0.1) is 18.7 Å². The van der Waals surface area contributed by atoms with Crippen LogP contribution in [-0.4, -0.2) is 83.5 Å². The van der Waals surface area contributed by atoms with Gasteiger partial charge in [-0.2, -0.15) is 4.99 Å². The van der Waals surface area contributed by atoms with Crippen molar-refractivity contribution >= 4 is 45.3 Å². The number of carbonyl (C=O) groups excluding carboxylic acids is 2. The number of rotatable bonds is 6. The molecule has 2 aliphatic rings. The van der Waals surface area contributed by atoms with Gasteiger partial charge in [0.2, 0.25) is 11.0 Å². The van der Waals surface area contributed by atoms with Gasteiger partial charge in [0.25, 0.3) is 0 Å². The molecule has 1 aromatic heterocycles. The number of hydrogen-bond donors (Lipinski definition) is 1. The monoisotopic (exact) mass is 397 g/mol. The molecule has 2 fully saturated rings. The lowest BCUT2D eigenvalue weighted by Gasteiger charge is -2.33. The van der Waals surface area contributed by atoms with Crippen LogP contribution in [0.3, 0.4) is 0 Å². The lowest BCUT2D eigenvalue weighted by Crippen LogP contribution is -2.47. The van der Waals surface area contributed by atoms with Gasteiger partial charge >= 0.3 is 5.97 Å². The summed E-state index contributed by atoms with van der Waals surface area (Å²) >= 11 is 2.80. The number of aliphatic imine (C=N–C) groups is 1. The van der Waals surface area contributed by atoms with E-state index in [1.807, 2.05) is 0 Å². The Bertz CT molecular complexity index is 685. The first-order chi connectivity index (χ1) is 12.5. The Hall–Kier alpha value is -1.49. The van der Waals surface area contributed by atoms with E-state index in [2.05, 4.69) is 32.1 Å². The first-order valence-electron chi connectivity index (χ1n) is 8.60. The molecule has 10 heteroatoms. The third kappa shape index (κ3) is 5.26. The first-order valence-corrected chi connectivity index (χ1v) is 10.4. The Morgan fingerprint density at radius 1 is 1.42 bits per heavy atom. The Labute approximate surface area is 161 Å². The molecular formula is C16H23N5O3S2. The van der Waals surface area contributed by atoms with Crippen LogP contribution in [0.5, 0.6) is 0 Å². The van der Waals surface area contributed by atoms with Gasteiger partial charge in [-0.3, -0.25) is 14.5 Å². The quantitative estimate of drug-likeness (QED) is 0.708. The highest BCUT2D eigenvalue weighted by Gasteiger charge is 2.32. The Morgan fingerprint density at radius 2 is 2.19 bits per heavy atom. The highest BCUT2D eigenvalue weighted by molar-refractivity contribution is 8.15. The second kappa shape index (κ2) is 8.94. The van der Waals surface area contributed by atoms with Gasteiger partial charge in [0.1, 0.15) is 5.25 Å². The molecule has 0 bridgehead atoms. The molecule has 26 heavy (non-hydrogen) atoms. The fourth-order valence-electron chi connectivity index (χ4n) is 2.72. The van der Waals surface area contributed by atoms with Gasteiger partial charge in [-0.15, -0.1) is 11.3 Å². The molecule has 0 aromatic carbocycles. The summed E-state index contributed by atoms with van der Waals surface area (Å²) in [6.45, 7) is 6.89. The van der Waals surface area contributed by atoms with Crippen molar-refractivity contribution < 1.29 is 14.3 Å². The van der Waals surface area contributed by atoms with Crippen LogP contribution < -0.4 is 5.32 Å². The maximum atomic E-state index is 12.2. The highest BCUT2D eigenvalue weighted by Crippen LogP contribution is 2.26. The zero-order chi connectivity index (χ0) is 18.5. The third-order valence-corrected chi connectivity index (χ3v) is 6.01. The number of nitrogens with one attached hydrogen (secondary N) is 1. The molecule has 0 saturated carbocycles. The normalized spacial score (nSPS) is 23.4. The number of aromatic nitrogens is 1. The van der Waals surface area contributed by atoms with Crippen LogP contribution in [0.2, 0.25) is 0 Å².